The Bertz CT molecular complexity index is 667. The number of nitrogens with one attached hydrogen (secondary N) is 1. The third-order valence-electron chi connectivity index (χ3n) is 2.71. The first-order valence-electron chi connectivity index (χ1n) is 5.82. The lowest BCUT2D eigenvalue weighted by Crippen LogP contribution is -2.19. The zero-order valence-electron chi connectivity index (χ0n) is 10.3. The standard InChI is InChI=1S/C15H10BrClN2O/c16-13-8-11(6-7-14(13)17)19-15(20)12(9-18)10-4-2-1-3-5-10/h1-8,12H,(H,19,20). The largest absolute Gasteiger partial charge is 0.325 e. The molecule has 0 aliphatic heterocycles. The van der Waals surface area contributed by atoms with Crippen molar-refractivity contribution >= 4 is 39.1 Å². The second kappa shape index (κ2) is 6.56. The first kappa shape index (κ1) is 14.6. The number of amides is 1. The summed E-state index contributed by atoms with van der Waals surface area (Å²) in [6.07, 6.45) is 0. The molecule has 1 amide bonds. The molecule has 0 fully saturated rings. The zero-order chi connectivity index (χ0) is 14.5. The van der Waals surface area contributed by atoms with E-state index < -0.39 is 5.92 Å². The summed E-state index contributed by atoms with van der Waals surface area (Å²) in [6.45, 7) is 0. The highest BCUT2D eigenvalue weighted by Gasteiger charge is 2.20. The summed E-state index contributed by atoms with van der Waals surface area (Å²) < 4.78 is 0.685. The quantitative estimate of drug-likeness (QED) is 0.895. The van der Waals surface area contributed by atoms with Crippen LogP contribution >= 0.6 is 27.5 Å². The number of halogens is 2. The molecule has 0 bridgehead atoms. The molecule has 100 valence electrons. The van der Waals surface area contributed by atoms with Gasteiger partial charge in [-0.25, -0.2) is 0 Å². The van der Waals surface area contributed by atoms with Crippen LogP contribution < -0.4 is 5.32 Å². The average molecular weight is 350 g/mol. The van der Waals surface area contributed by atoms with Crippen molar-refractivity contribution < 1.29 is 4.79 Å². The van der Waals surface area contributed by atoms with Gasteiger partial charge >= 0.3 is 0 Å². The number of rotatable bonds is 3. The van der Waals surface area contributed by atoms with Gasteiger partial charge in [0.2, 0.25) is 5.91 Å². The van der Waals surface area contributed by atoms with E-state index in [1.807, 2.05) is 12.1 Å². The molecule has 0 saturated heterocycles. The van der Waals surface area contributed by atoms with Crippen LogP contribution in [0, 0.1) is 11.3 Å². The molecule has 2 aromatic rings. The summed E-state index contributed by atoms with van der Waals surface area (Å²) >= 11 is 9.18. The number of nitrogens with zero attached hydrogens (tertiary/aromatic N) is 1. The maximum atomic E-state index is 12.2. The first-order valence-corrected chi connectivity index (χ1v) is 6.99. The molecule has 0 spiro atoms. The maximum absolute atomic E-state index is 12.2. The highest BCUT2D eigenvalue weighted by atomic mass is 79.9. The third kappa shape index (κ3) is 3.38. The fourth-order valence-corrected chi connectivity index (χ4v) is 2.21. The SMILES string of the molecule is N#CC(C(=O)Nc1ccc(Cl)c(Br)c1)c1ccccc1. The summed E-state index contributed by atoms with van der Waals surface area (Å²) in [7, 11) is 0. The van der Waals surface area contributed by atoms with Gasteiger partial charge in [-0.1, -0.05) is 41.9 Å². The van der Waals surface area contributed by atoms with Gasteiger partial charge in [0.15, 0.2) is 5.92 Å². The Hall–Kier alpha value is -1.83. The predicted molar refractivity (Wildman–Crippen MR) is 82.6 cm³/mol. The van der Waals surface area contributed by atoms with Crippen molar-refractivity contribution in [2.75, 3.05) is 5.32 Å². The molecular formula is C15H10BrClN2O. The highest BCUT2D eigenvalue weighted by molar-refractivity contribution is 9.10. The number of carbonyl (C=O) groups is 1. The molecule has 1 unspecified atom stereocenters. The Morgan fingerprint density at radius 1 is 1.25 bits per heavy atom. The lowest BCUT2D eigenvalue weighted by molar-refractivity contribution is -0.116. The number of benzene rings is 2. The number of carbonyl (C=O) groups excluding carboxylic acids is 1. The Kier molecular flexibility index (Phi) is 4.78. The third-order valence-corrected chi connectivity index (χ3v) is 3.93. The van der Waals surface area contributed by atoms with Crippen molar-refractivity contribution in [2.24, 2.45) is 0 Å². The van der Waals surface area contributed by atoms with Crippen molar-refractivity contribution in [3.05, 3.63) is 63.6 Å². The molecule has 1 N–H and O–H groups in total. The van der Waals surface area contributed by atoms with E-state index in [1.54, 1.807) is 42.5 Å². The monoisotopic (exact) mass is 348 g/mol. The molecule has 0 aliphatic carbocycles. The molecule has 0 heterocycles. The van der Waals surface area contributed by atoms with Crippen LogP contribution in [0.1, 0.15) is 11.5 Å². The Morgan fingerprint density at radius 3 is 2.55 bits per heavy atom. The lowest BCUT2D eigenvalue weighted by atomic mass is 10.00. The minimum atomic E-state index is -0.842. The highest BCUT2D eigenvalue weighted by Crippen LogP contribution is 2.26. The average Bonchev–Trinajstić information content (AvgIpc) is 2.45. The van der Waals surface area contributed by atoms with Crippen LogP contribution in [0.3, 0.4) is 0 Å². The van der Waals surface area contributed by atoms with E-state index in [4.69, 9.17) is 11.6 Å². The summed E-state index contributed by atoms with van der Waals surface area (Å²) in [5.41, 5.74) is 1.25. The molecule has 2 rings (SSSR count). The Morgan fingerprint density at radius 2 is 1.95 bits per heavy atom. The van der Waals surface area contributed by atoms with E-state index in [1.165, 1.54) is 0 Å². The van der Waals surface area contributed by atoms with Crippen LogP contribution in [0.25, 0.3) is 0 Å². The molecule has 3 nitrogen and oxygen atoms in total. The second-order valence-electron chi connectivity index (χ2n) is 4.09. The van der Waals surface area contributed by atoms with Gasteiger partial charge in [-0.05, 0) is 39.7 Å². The fourth-order valence-electron chi connectivity index (χ4n) is 1.72. The summed E-state index contributed by atoms with van der Waals surface area (Å²) in [5.74, 6) is -1.21. The van der Waals surface area contributed by atoms with E-state index in [9.17, 15) is 10.1 Å². The van der Waals surface area contributed by atoms with Crippen molar-refractivity contribution in [1.82, 2.24) is 0 Å². The molecule has 2 aromatic carbocycles. The molecule has 0 aromatic heterocycles. The zero-order valence-corrected chi connectivity index (χ0v) is 12.6. The van der Waals surface area contributed by atoms with Gasteiger partial charge in [0.1, 0.15) is 0 Å². The van der Waals surface area contributed by atoms with Crippen molar-refractivity contribution in [3.63, 3.8) is 0 Å². The predicted octanol–water partition coefficient (Wildman–Crippen LogP) is 4.35. The normalized spacial score (nSPS) is 11.4. The Balaban J connectivity index is 2.18. The molecule has 0 radical (unpaired) electrons. The van der Waals surface area contributed by atoms with Crippen LogP contribution in [-0.4, -0.2) is 5.91 Å². The number of anilines is 1. The van der Waals surface area contributed by atoms with Gasteiger partial charge < -0.3 is 5.32 Å². The number of hydrogen-bond donors (Lipinski definition) is 1. The van der Waals surface area contributed by atoms with Crippen molar-refractivity contribution in [3.8, 4) is 6.07 Å². The molecule has 0 saturated carbocycles. The molecule has 0 aliphatic rings. The minimum Gasteiger partial charge on any atom is -0.325 e. The van der Waals surface area contributed by atoms with Gasteiger partial charge in [0, 0.05) is 10.2 Å². The van der Waals surface area contributed by atoms with Gasteiger partial charge in [-0.3, -0.25) is 4.79 Å². The number of nitriles is 1. The molecule has 20 heavy (non-hydrogen) atoms. The summed E-state index contributed by atoms with van der Waals surface area (Å²) in [6, 6.07) is 16.0. The van der Waals surface area contributed by atoms with E-state index in [-0.39, 0.29) is 5.91 Å². The lowest BCUT2D eigenvalue weighted by Gasteiger charge is -2.11. The van der Waals surface area contributed by atoms with Crippen LogP contribution in [0.5, 0.6) is 0 Å². The smallest absolute Gasteiger partial charge is 0.246 e. The van der Waals surface area contributed by atoms with Gasteiger partial charge in [0.05, 0.1) is 11.1 Å². The summed E-state index contributed by atoms with van der Waals surface area (Å²) in [5, 5.41) is 12.5. The van der Waals surface area contributed by atoms with E-state index in [2.05, 4.69) is 21.2 Å². The van der Waals surface area contributed by atoms with Crippen LogP contribution in [0.15, 0.2) is 53.0 Å². The summed E-state index contributed by atoms with van der Waals surface area (Å²) in [4.78, 5) is 12.2. The van der Waals surface area contributed by atoms with Crippen LogP contribution in [0.2, 0.25) is 5.02 Å². The fraction of sp³-hybridized carbons (Fsp3) is 0.0667. The van der Waals surface area contributed by atoms with E-state index >= 15 is 0 Å². The van der Waals surface area contributed by atoms with Crippen molar-refractivity contribution in [2.45, 2.75) is 5.92 Å². The maximum Gasteiger partial charge on any atom is 0.246 e. The topological polar surface area (TPSA) is 52.9 Å². The minimum absolute atomic E-state index is 0.368. The van der Waals surface area contributed by atoms with Crippen molar-refractivity contribution in [1.29, 1.82) is 5.26 Å². The first-order chi connectivity index (χ1) is 9.61. The van der Waals surface area contributed by atoms with Crippen LogP contribution in [0.4, 0.5) is 5.69 Å². The van der Waals surface area contributed by atoms with Gasteiger partial charge in [-0.15, -0.1) is 0 Å². The molecular weight excluding hydrogens is 340 g/mol. The molecule has 5 heteroatoms. The van der Waals surface area contributed by atoms with E-state index in [0.29, 0.717) is 20.7 Å². The second-order valence-corrected chi connectivity index (χ2v) is 5.35. The Labute approximate surface area is 130 Å². The van der Waals surface area contributed by atoms with E-state index in [0.717, 1.165) is 0 Å². The molecule has 1 atom stereocenters. The van der Waals surface area contributed by atoms with Crippen LogP contribution in [-0.2, 0) is 4.79 Å². The number of hydrogen-bond acceptors (Lipinski definition) is 2. The van der Waals surface area contributed by atoms with Gasteiger partial charge in [0.25, 0.3) is 0 Å². The van der Waals surface area contributed by atoms with Gasteiger partial charge in [-0.2, -0.15) is 5.26 Å².